The maximum atomic E-state index is 12.4. The number of nitrogens with one attached hydrogen (secondary N) is 2. The largest absolute Gasteiger partial charge is 0.399 e. The van der Waals surface area contributed by atoms with Gasteiger partial charge in [-0.2, -0.15) is 0 Å². The van der Waals surface area contributed by atoms with E-state index >= 15 is 0 Å². The fraction of sp³-hybridized carbons (Fsp3) is 0.118. The number of hydrogen-bond donors (Lipinski definition) is 3. The molecule has 0 radical (unpaired) electrons. The van der Waals surface area contributed by atoms with Gasteiger partial charge in [-0.15, -0.1) is 0 Å². The molecule has 1 aromatic heterocycles. The van der Waals surface area contributed by atoms with Crippen LogP contribution in [0.3, 0.4) is 0 Å². The summed E-state index contributed by atoms with van der Waals surface area (Å²) in [5.74, 6) is -0.108. The van der Waals surface area contributed by atoms with Crippen molar-refractivity contribution in [1.29, 1.82) is 0 Å². The Morgan fingerprint density at radius 1 is 1.19 bits per heavy atom. The summed E-state index contributed by atoms with van der Waals surface area (Å²) < 4.78 is 0. The van der Waals surface area contributed by atoms with Crippen LogP contribution >= 0.6 is 0 Å². The number of carbonyl (C=O) groups is 1. The highest BCUT2D eigenvalue weighted by Crippen LogP contribution is 2.22. The molecule has 0 saturated heterocycles. The van der Waals surface area contributed by atoms with Gasteiger partial charge in [-0.05, 0) is 30.7 Å². The standard InChI is InChI=1S/C17H17N3O/c1-11(12-5-3-2-4-6-12)20-17(21)15-10-19-16-8-7-13(18)9-14(15)16/h2-11,19H,18H2,1H3,(H,20,21). The van der Waals surface area contributed by atoms with E-state index in [2.05, 4.69) is 10.3 Å². The molecule has 2 aromatic carbocycles. The molecular formula is C17H17N3O. The van der Waals surface area contributed by atoms with Gasteiger partial charge in [0.25, 0.3) is 5.91 Å². The number of nitrogen functional groups attached to an aromatic ring is 1. The Morgan fingerprint density at radius 2 is 1.95 bits per heavy atom. The number of carbonyl (C=O) groups excluding carboxylic acids is 1. The molecule has 0 bridgehead atoms. The van der Waals surface area contributed by atoms with Crippen molar-refractivity contribution in [2.24, 2.45) is 0 Å². The minimum atomic E-state index is -0.108. The molecule has 1 unspecified atom stereocenters. The van der Waals surface area contributed by atoms with E-state index in [0.717, 1.165) is 16.5 Å². The number of rotatable bonds is 3. The zero-order valence-electron chi connectivity index (χ0n) is 11.8. The van der Waals surface area contributed by atoms with Crippen molar-refractivity contribution in [3.63, 3.8) is 0 Å². The van der Waals surface area contributed by atoms with Crippen LogP contribution in [0.5, 0.6) is 0 Å². The predicted molar refractivity (Wildman–Crippen MR) is 85.0 cm³/mol. The third-order valence-corrected chi connectivity index (χ3v) is 3.60. The molecule has 4 heteroatoms. The second kappa shape index (κ2) is 5.32. The molecule has 3 rings (SSSR count). The molecule has 1 atom stereocenters. The molecule has 0 fully saturated rings. The second-order valence-corrected chi connectivity index (χ2v) is 5.11. The van der Waals surface area contributed by atoms with Crippen molar-refractivity contribution in [2.45, 2.75) is 13.0 Å². The lowest BCUT2D eigenvalue weighted by molar-refractivity contribution is 0.0941. The van der Waals surface area contributed by atoms with Gasteiger partial charge >= 0.3 is 0 Å². The van der Waals surface area contributed by atoms with Gasteiger partial charge in [0.1, 0.15) is 0 Å². The first-order valence-corrected chi connectivity index (χ1v) is 6.87. The summed E-state index contributed by atoms with van der Waals surface area (Å²) in [6, 6.07) is 15.3. The van der Waals surface area contributed by atoms with Gasteiger partial charge in [-0.1, -0.05) is 30.3 Å². The van der Waals surface area contributed by atoms with Crippen LogP contribution in [0.4, 0.5) is 5.69 Å². The highest BCUT2D eigenvalue weighted by molar-refractivity contribution is 6.07. The number of amides is 1. The van der Waals surface area contributed by atoms with Crippen molar-refractivity contribution in [3.05, 3.63) is 65.9 Å². The van der Waals surface area contributed by atoms with Crippen LogP contribution < -0.4 is 11.1 Å². The first kappa shape index (κ1) is 13.2. The van der Waals surface area contributed by atoms with E-state index in [1.165, 1.54) is 0 Å². The molecule has 0 aliphatic heterocycles. The SMILES string of the molecule is CC(NC(=O)c1c[nH]c2ccc(N)cc12)c1ccccc1. The number of nitrogens with two attached hydrogens (primary N) is 1. The third-order valence-electron chi connectivity index (χ3n) is 3.60. The lowest BCUT2D eigenvalue weighted by Crippen LogP contribution is -2.26. The average Bonchev–Trinajstić information content (AvgIpc) is 2.91. The number of H-pyrrole nitrogens is 1. The van der Waals surface area contributed by atoms with Crippen LogP contribution in [0.1, 0.15) is 28.9 Å². The Labute approximate surface area is 123 Å². The van der Waals surface area contributed by atoms with E-state index in [0.29, 0.717) is 11.3 Å². The fourth-order valence-electron chi connectivity index (χ4n) is 2.43. The monoisotopic (exact) mass is 279 g/mol. The van der Waals surface area contributed by atoms with Gasteiger partial charge < -0.3 is 16.0 Å². The molecule has 0 aliphatic rings. The number of hydrogen-bond acceptors (Lipinski definition) is 2. The van der Waals surface area contributed by atoms with E-state index in [1.807, 2.05) is 55.5 Å². The lowest BCUT2D eigenvalue weighted by atomic mass is 10.1. The molecule has 21 heavy (non-hydrogen) atoms. The Kier molecular flexibility index (Phi) is 3.36. The quantitative estimate of drug-likeness (QED) is 0.644. The van der Waals surface area contributed by atoms with Gasteiger partial charge in [0.15, 0.2) is 0 Å². The van der Waals surface area contributed by atoms with Crippen molar-refractivity contribution in [3.8, 4) is 0 Å². The van der Waals surface area contributed by atoms with Crippen molar-refractivity contribution < 1.29 is 4.79 Å². The molecule has 1 amide bonds. The Balaban J connectivity index is 1.86. The number of benzene rings is 2. The van der Waals surface area contributed by atoms with Crippen LogP contribution in [0.15, 0.2) is 54.7 Å². The van der Waals surface area contributed by atoms with Gasteiger partial charge in [0.2, 0.25) is 0 Å². The second-order valence-electron chi connectivity index (χ2n) is 5.11. The molecule has 4 nitrogen and oxygen atoms in total. The molecule has 0 saturated carbocycles. The van der Waals surface area contributed by atoms with E-state index in [9.17, 15) is 4.79 Å². The first-order chi connectivity index (χ1) is 10.1. The Hall–Kier alpha value is -2.75. The van der Waals surface area contributed by atoms with E-state index < -0.39 is 0 Å². The number of anilines is 1. The van der Waals surface area contributed by atoms with Crippen molar-refractivity contribution in [2.75, 3.05) is 5.73 Å². The van der Waals surface area contributed by atoms with E-state index in [-0.39, 0.29) is 11.9 Å². The number of aromatic nitrogens is 1. The van der Waals surface area contributed by atoms with Gasteiger partial charge in [0, 0.05) is 22.8 Å². The Morgan fingerprint density at radius 3 is 2.71 bits per heavy atom. The first-order valence-electron chi connectivity index (χ1n) is 6.87. The van der Waals surface area contributed by atoms with Crippen LogP contribution in [0.25, 0.3) is 10.9 Å². The zero-order chi connectivity index (χ0) is 14.8. The van der Waals surface area contributed by atoms with Crippen molar-refractivity contribution in [1.82, 2.24) is 10.3 Å². The van der Waals surface area contributed by atoms with Crippen LogP contribution in [0, 0.1) is 0 Å². The van der Waals surface area contributed by atoms with Crippen LogP contribution in [0.2, 0.25) is 0 Å². The van der Waals surface area contributed by atoms with Gasteiger partial charge in [-0.25, -0.2) is 0 Å². The third kappa shape index (κ3) is 2.60. The summed E-state index contributed by atoms with van der Waals surface area (Å²) in [4.78, 5) is 15.5. The predicted octanol–water partition coefficient (Wildman–Crippen LogP) is 3.24. The van der Waals surface area contributed by atoms with Crippen molar-refractivity contribution >= 4 is 22.5 Å². The average molecular weight is 279 g/mol. The summed E-state index contributed by atoms with van der Waals surface area (Å²) >= 11 is 0. The molecule has 106 valence electrons. The summed E-state index contributed by atoms with van der Waals surface area (Å²) in [6.45, 7) is 1.97. The number of aromatic amines is 1. The van der Waals surface area contributed by atoms with E-state index in [4.69, 9.17) is 5.73 Å². The van der Waals surface area contributed by atoms with Gasteiger partial charge in [0.05, 0.1) is 11.6 Å². The lowest BCUT2D eigenvalue weighted by Gasteiger charge is -2.13. The summed E-state index contributed by atoms with van der Waals surface area (Å²) in [7, 11) is 0. The maximum Gasteiger partial charge on any atom is 0.253 e. The smallest absolute Gasteiger partial charge is 0.253 e. The maximum absolute atomic E-state index is 12.4. The minimum absolute atomic E-state index is 0.0512. The summed E-state index contributed by atoms with van der Waals surface area (Å²) in [5, 5.41) is 3.85. The molecular weight excluding hydrogens is 262 g/mol. The summed E-state index contributed by atoms with van der Waals surface area (Å²) in [5.41, 5.74) is 9.03. The Bertz CT molecular complexity index is 777. The highest BCUT2D eigenvalue weighted by atomic mass is 16.1. The topological polar surface area (TPSA) is 70.9 Å². The fourth-order valence-corrected chi connectivity index (χ4v) is 2.43. The van der Waals surface area contributed by atoms with Crippen LogP contribution in [-0.4, -0.2) is 10.9 Å². The highest BCUT2D eigenvalue weighted by Gasteiger charge is 2.15. The van der Waals surface area contributed by atoms with E-state index in [1.54, 1.807) is 6.20 Å². The molecule has 0 aliphatic carbocycles. The zero-order valence-corrected chi connectivity index (χ0v) is 11.8. The summed E-state index contributed by atoms with van der Waals surface area (Å²) in [6.07, 6.45) is 1.72. The normalized spacial score (nSPS) is 12.2. The number of fused-ring (bicyclic) bond motifs is 1. The van der Waals surface area contributed by atoms with Gasteiger partial charge in [-0.3, -0.25) is 4.79 Å². The molecule has 4 N–H and O–H groups in total. The van der Waals surface area contributed by atoms with Crippen LogP contribution in [-0.2, 0) is 0 Å². The molecule has 1 heterocycles. The molecule has 3 aromatic rings. The molecule has 0 spiro atoms. The minimum Gasteiger partial charge on any atom is -0.399 e.